The third-order valence-corrected chi connectivity index (χ3v) is 5.33. The van der Waals surface area contributed by atoms with Crippen molar-refractivity contribution in [3.8, 4) is 17.2 Å². The van der Waals surface area contributed by atoms with Gasteiger partial charge in [-0.3, -0.25) is 0 Å². The Balaban J connectivity index is 2.52. The lowest BCUT2D eigenvalue weighted by Gasteiger charge is -2.15. The highest BCUT2D eigenvalue weighted by Crippen LogP contribution is 2.47. The Morgan fingerprint density at radius 2 is 1.60 bits per heavy atom. The fourth-order valence-electron chi connectivity index (χ4n) is 1.51. The third kappa shape index (κ3) is 3.53. The second kappa shape index (κ2) is 7.01. The van der Waals surface area contributed by atoms with Gasteiger partial charge in [0, 0.05) is 8.95 Å². The van der Waals surface area contributed by atoms with E-state index < -0.39 is 0 Å². The summed E-state index contributed by atoms with van der Waals surface area (Å²) in [6.45, 7) is 0. The van der Waals surface area contributed by atoms with Gasteiger partial charge in [0.2, 0.25) is 0 Å². The van der Waals surface area contributed by atoms with E-state index in [0.29, 0.717) is 22.3 Å². The first-order valence-electron chi connectivity index (χ1n) is 5.28. The van der Waals surface area contributed by atoms with E-state index in [2.05, 4.69) is 63.7 Å². The van der Waals surface area contributed by atoms with Gasteiger partial charge in [0.25, 0.3) is 0 Å². The lowest BCUT2D eigenvalue weighted by atomic mass is 10.3. The molecule has 2 aromatic rings. The molecule has 0 aliphatic rings. The second-order valence-electron chi connectivity index (χ2n) is 3.69. The van der Waals surface area contributed by atoms with E-state index in [0.717, 1.165) is 17.9 Å². The third-order valence-electron chi connectivity index (χ3n) is 2.40. The topological polar surface area (TPSA) is 18.5 Å². The molecule has 0 unspecified atom stereocenters. The van der Waals surface area contributed by atoms with Crippen LogP contribution < -0.4 is 9.47 Å². The maximum absolute atomic E-state index is 6.29. The summed E-state index contributed by atoms with van der Waals surface area (Å²) < 4.78 is 14.5. The van der Waals surface area contributed by atoms with Crippen LogP contribution in [-0.2, 0) is 0 Å². The molecule has 0 heterocycles. The van der Waals surface area contributed by atoms with Crippen LogP contribution in [0.2, 0.25) is 5.02 Å². The first-order valence-corrected chi connectivity index (χ1v) is 8.83. The molecule has 0 aliphatic heterocycles. The summed E-state index contributed by atoms with van der Waals surface area (Å²) in [4.78, 5) is 0. The lowest BCUT2D eigenvalue weighted by Crippen LogP contribution is -1.94. The van der Waals surface area contributed by atoms with Crippen LogP contribution in [0, 0.1) is 0 Å². The largest absolute Gasteiger partial charge is 0.492 e. The van der Waals surface area contributed by atoms with Crippen LogP contribution >= 0.6 is 75.3 Å². The molecular weight excluding hydrogens is 543 g/mol. The summed E-state index contributed by atoms with van der Waals surface area (Å²) in [5.74, 6) is 1.62. The van der Waals surface area contributed by atoms with Gasteiger partial charge in [0.1, 0.15) is 10.8 Å². The summed E-state index contributed by atoms with van der Waals surface area (Å²) in [5.41, 5.74) is 0. The van der Waals surface area contributed by atoms with Crippen molar-refractivity contribution >= 4 is 75.3 Å². The van der Waals surface area contributed by atoms with Gasteiger partial charge in [-0.05, 0) is 72.1 Å². The summed E-state index contributed by atoms with van der Waals surface area (Å²) >= 11 is 19.9. The maximum atomic E-state index is 6.29. The van der Waals surface area contributed by atoms with Crippen molar-refractivity contribution in [3.05, 3.63) is 47.2 Å². The minimum absolute atomic E-state index is 0.443. The average Bonchev–Trinajstić information content (AvgIpc) is 2.38. The highest BCUT2D eigenvalue weighted by Gasteiger charge is 2.18. The zero-order chi connectivity index (χ0) is 14.9. The van der Waals surface area contributed by atoms with Crippen LogP contribution in [0.5, 0.6) is 17.2 Å². The predicted octanol–water partition coefficient (Wildman–Crippen LogP) is 7.19. The molecule has 0 saturated heterocycles. The Bertz CT molecular complexity index is 661. The molecular formula is C13H7Br4ClO2. The Morgan fingerprint density at radius 3 is 2.20 bits per heavy atom. The molecule has 0 atom stereocenters. The summed E-state index contributed by atoms with van der Waals surface area (Å²) in [5, 5.41) is 0.444. The van der Waals surface area contributed by atoms with Crippen molar-refractivity contribution in [2.75, 3.05) is 7.11 Å². The molecule has 2 aromatic carbocycles. The van der Waals surface area contributed by atoms with Crippen LogP contribution in [0.4, 0.5) is 0 Å². The molecule has 7 heteroatoms. The Morgan fingerprint density at radius 1 is 0.900 bits per heavy atom. The SMILES string of the molecule is COc1c(Br)cc(Br)c(Cl)c1Oc1ccc(Br)cc1Br. The van der Waals surface area contributed by atoms with Crippen LogP contribution in [0.3, 0.4) is 0 Å². The second-order valence-corrected chi connectivity index (χ2v) is 7.55. The number of benzene rings is 2. The van der Waals surface area contributed by atoms with Crippen molar-refractivity contribution in [1.29, 1.82) is 0 Å². The molecule has 0 saturated carbocycles. The standard InChI is InChI=1S/C13H7Br4ClO2/c1-19-12-9(17)5-8(16)11(18)13(12)20-10-3-2-6(14)4-7(10)15/h2-5H,1H3. The molecule has 0 aliphatic carbocycles. The first kappa shape index (κ1) is 16.6. The number of ether oxygens (including phenoxy) is 2. The Labute approximate surface area is 155 Å². The van der Waals surface area contributed by atoms with Crippen molar-refractivity contribution in [2.24, 2.45) is 0 Å². The zero-order valence-corrected chi connectivity index (χ0v) is 17.1. The molecule has 0 radical (unpaired) electrons. The molecule has 2 nitrogen and oxygen atoms in total. The number of hydrogen-bond acceptors (Lipinski definition) is 2. The smallest absolute Gasteiger partial charge is 0.190 e. The van der Waals surface area contributed by atoms with Crippen LogP contribution in [0.15, 0.2) is 42.2 Å². The minimum Gasteiger partial charge on any atom is -0.492 e. The molecule has 0 spiro atoms. The monoisotopic (exact) mass is 546 g/mol. The quantitative estimate of drug-likeness (QED) is 0.377. The molecule has 0 aromatic heterocycles. The molecule has 2 rings (SSSR count). The van der Waals surface area contributed by atoms with E-state index in [-0.39, 0.29) is 0 Å². The van der Waals surface area contributed by atoms with Crippen molar-refractivity contribution in [1.82, 2.24) is 0 Å². The predicted molar refractivity (Wildman–Crippen MR) is 95.3 cm³/mol. The highest BCUT2D eigenvalue weighted by atomic mass is 79.9. The van der Waals surface area contributed by atoms with Gasteiger partial charge in [-0.1, -0.05) is 27.5 Å². The van der Waals surface area contributed by atoms with Gasteiger partial charge in [-0.15, -0.1) is 0 Å². The summed E-state index contributed by atoms with van der Waals surface area (Å²) in [6.07, 6.45) is 0. The normalized spacial score (nSPS) is 10.5. The van der Waals surface area contributed by atoms with Gasteiger partial charge in [-0.25, -0.2) is 0 Å². The fraction of sp³-hybridized carbons (Fsp3) is 0.0769. The van der Waals surface area contributed by atoms with Crippen molar-refractivity contribution in [3.63, 3.8) is 0 Å². The number of rotatable bonds is 3. The highest BCUT2D eigenvalue weighted by molar-refractivity contribution is 9.11. The fourth-order valence-corrected chi connectivity index (χ4v) is 4.10. The van der Waals surface area contributed by atoms with Crippen molar-refractivity contribution < 1.29 is 9.47 Å². The van der Waals surface area contributed by atoms with E-state index in [4.69, 9.17) is 21.1 Å². The zero-order valence-electron chi connectivity index (χ0n) is 10.0. The van der Waals surface area contributed by atoms with Crippen LogP contribution in [0.25, 0.3) is 0 Å². The number of halogens is 5. The average molecular weight is 550 g/mol. The molecule has 0 amide bonds. The molecule has 0 bridgehead atoms. The summed E-state index contributed by atoms with van der Waals surface area (Å²) in [7, 11) is 1.56. The molecule has 20 heavy (non-hydrogen) atoms. The van der Waals surface area contributed by atoms with E-state index in [1.807, 2.05) is 24.3 Å². The molecule has 0 fully saturated rings. The summed E-state index contributed by atoms with van der Waals surface area (Å²) in [6, 6.07) is 7.42. The van der Waals surface area contributed by atoms with Gasteiger partial charge in [0.05, 0.1) is 16.1 Å². The molecule has 106 valence electrons. The van der Waals surface area contributed by atoms with E-state index >= 15 is 0 Å². The minimum atomic E-state index is 0.443. The van der Waals surface area contributed by atoms with Gasteiger partial charge >= 0.3 is 0 Å². The van der Waals surface area contributed by atoms with Gasteiger partial charge in [-0.2, -0.15) is 0 Å². The van der Waals surface area contributed by atoms with E-state index in [1.165, 1.54) is 0 Å². The number of methoxy groups -OCH3 is 1. The Hall–Kier alpha value is 0.250. The van der Waals surface area contributed by atoms with Crippen LogP contribution in [0.1, 0.15) is 0 Å². The maximum Gasteiger partial charge on any atom is 0.190 e. The van der Waals surface area contributed by atoms with Gasteiger partial charge in [0.15, 0.2) is 11.5 Å². The lowest BCUT2D eigenvalue weighted by molar-refractivity contribution is 0.375. The Kier molecular flexibility index (Phi) is 5.82. The van der Waals surface area contributed by atoms with E-state index in [1.54, 1.807) is 7.11 Å². The molecule has 0 N–H and O–H groups in total. The van der Waals surface area contributed by atoms with Crippen LogP contribution in [-0.4, -0.2) is 7.11 Å². The van der Waals surface area contributed by atoms with E-state index in [9.17, 15) is 0 Å². The van der Waals surface area contributed by atoms with Crippen molar-refractivity contribution in [2.45, 2.75) is 0 Å². The number of hydrogen-bond donors (Lipinski definition) is 0. The van der Waals surface area contributed by atoms with Gasteiger partial charge < -0.3 is 9.47 Å². The first-order chi connectivity index (χ1) is 9.43.